The molecule has 0 aliphatic heterocycles. The maximum absolute atomic E-state index is 10.6. The first-order valence-electron chi connectivity index (χ1n) is 7.05. The van der Waals surface area contributed by atoms with Crippen molar-refractivity contribution < 1.29 is 5.11 Å². The van der Waals surface area contributed by atoms with Crippen LogP contribution in [0.2, 0.25) is 0 Å². The summed E-state index contributed by atoms with van der Waals surface area (Å²) in [5, 5.41) is 13.9. The van der Waals surface area contributed by atoms with Crippen molar-refractivity contribution >= 4 is 0 Å². The molecule has 3 atom stereocenters. The molecule has 0 aromatic carbocycles. The van der Waals surface area contributed by atoms with Gasteiger partial charge in [-0.15, -0.1) is 0 Å². The lowest BCUT2D eigenvalue weighted by Gasteiger charge is -2.41. The first kappa shape index (κ1) is 14.0. The van der Waals surface area contributed by atoms with Crippen molar-refractivity contribution in [1.29, 1.82) is 0 Å². The van der Waals surface area contributed by atoms with Gasteiger partial charge in [-0.1, -0.05) is 39.5 Å². The van der Waals surface area contributed by atoms with E-state index in [2.05, 4.69) is 19.2 Å². The minimum atomic E-state index is -0.469. The van der Waals surface area contributed by atoms with E-state index in [-0.39, 0.29) is 0 Å². The van der Waals surface area contributed by atoms with Crippen molar-refractivity contribution in [2.24, 2.45) is 11.8 Å². The Kier molecular flexibility index (Phi) is 5.77. The third kappa shape index (κ3) is 3.74. The molecule has 0 aromatic rings. The van der Waals surface area contributed by atoms with E-state index in [9.17, 15) is 5.11 Å². The van der Waals surface area contributed by atoms with Gasteiger partial charge in [0.1, 0.15) is 0 Å². The maximum atomic E-state index is 10.6. The van der Waals surface area contributed by atoms with Crippen LogP contribution in [-0.4, -0.2) is 23.8 Å². The minimum Gasteiger partial charge on any atom is -0.390 e. The lowest BCUT2D eigenvalue weighted by molar-refractivity contribution is -0.0489. The number of rotatable bonds is 6. The SMILES string of the molecule is CCNCCC(C)(O)C1CCCCC1CC. The van der Waals surface area contributed by atoms with Gasteiger partial charge in [-0.3, -0.25) is 0 Å². The van der Waals surface area contributed by atoms with Gasteiger partial charge >= 0.3 is 0 Å². The molecule has 16 heavy (non-hydrogen) atoms. The average molecular weight is 227 g/mol. The third-order valence-electron chi connectivity index (χ3n) is 4.29. The van der Waals surface area contributed by atoms with Gasteiger partial charge in [-0.2, -0.15) is 0 Å². The molecule has 2 heteroatoms. The van der Waals surface area contributed by atoms with Crippen molar-refractivity contribution in [3.63, 3.8) is 0 Å². The van der Waals surface area contributed by atoms with Gasteiger partial charge in [0.05, 0.1) is 5.60 Å². The minimum absolute atomic E-state index is 0.469. The van der Waals surface area contributed by atoms with Crippen molar-refractivity contribution in [3.8, 4) is 0 Å². The van der Waals surface area contributed by atoms with Crippen LogP contribution in [0, 0.1) is 11.8 Å². The Morgan fingerprint density at radius 3 is 2.56 bits per heavy atom. The molecule has 96 valence electrons. The maximum Gasteiger partial charge on any atom is 0.0662 e. The van der Waals surface area contributed by atoms with Gasteiger partial charge in [0, 0.05) is 0 Å². The second kappa shape index (κ2) is 6.61. The van der Waals surface area contributed by atoms with Gasteiger partial charge in [0.2, 0.25) is 0 Å². The van der Waals surface area contributed by atoms with Gasteiger partial charge in [0.15, 0.2) is 0 Å². The standard InChI is InChI=1S/C14H29NO/c1-4-12-8-6-7-9-13(12)14(3,16)10-11-15-5-2/h12-13,15-16H,4-11H2,1-3H3. The predicted molar refractivity (Wildman–Crippen MR) is 69.5 cm³/mol. The largest absolute Gasteiger partial charge is 0.390 e. The molecule has 1 saturated carbocycles. The molecule has 0 heterocycles. The summed E-state index contributed by atoms with van der Waals surface area (Å²) in [6, 6.07) is 0. The highest BCUT2D eigenvalue weighted by atomic mass is 16.3. The second-order valence-electron chi connectivity index (χ2n) is 5.52. The summed E-state index contributed by atoms with van der Waals surface area (Å²) in [4.78, 5) is 0. The number of hydrogen-bond donors (Lipinski definition) is 2. The van der Waals surface area contributed by atoms with Gasteiger partial charge in [-0.05, 0) is 44.7 Å². The van der Waals surface area contributed by atoms with Crippen LogP contribution >= 0.6 is 0 Å². The second-order valence-corrected chi connectivity index (χ2v) is 5.52. The highest BCUT2D eigenvalue weighted by Gasteiger charge is 2.37. The summed E-state index contributed by atoms with van der Waals surface area (Å²) in [5.41, 5.74) is -0.469. The molecule has 1 fully saturated rings. The van der Waals surface area contributed by atoms with Crippen LogP contribution in [0.1, 0.15) is 59.3 Å². The molecule has 0 radical (unpaired) electrons. The Balaban J connectivity index is 2.49. The Morgan fingerprint density at radius 2 is 1.94 bits per heavy atom. The Morgan fingerprint density at radius 1 is 1.25 bits per heavy atom. The molecule has 1 rings (SSSR count). The predicted octanol–water partition coefficient (Wildman–Crippen LogP) is 2.95. The lowest BCUT2D eigenvalue weighted by atomic mass is 9.68. The molecular formula is C14H29NO. The summed E-state index contributed by atoms with van der Waals surface area (Å²) < 4.78 is 0. The van der Waals surface area contributed by atoms with E-state index in [1.165, 1.54) is 32.1 Å². The summed E-state index contributed by atoms with van der Waals surface area (Å²) in [5.74, 6) is 1.26. The molecular weight excluding hydrogens is 198 g/mol. The third-order valence-corrected chi connectivity index (χ3v) is 4.29. The molecule has 1 aliphatic carbocycles. The van der Waals surface area contributed by atoms with Crippen LogP contribution in [0.25, 0.3) is 0 Å². The smallest absolute Gasteiger partial charge is 0.0662 e. The molecule has 2 N–H and O–H groups in total. The van der Waals surface area contributed by atoms with Gasteiger partial charge in [-0.25, -0.2) is 0 Å². The zero-order valence-corrected chi connectivity index (χ0v) is 11.3. The van der Waals surface area contributed by atoms with E-state index in [4.69, 9.17) is 0 Å². The number of nitrogens with one attached hydrogen (secondary N) is 1. The van der Waals surface area contributed by atoms with Crippen molar-refractivity contribution in [1.82, 2.24) is 5.32 Å². The van der Waals surface area contributed by atoms with E-state index in [1.54, 1.807) is 0 Å². The molecule has 0 spiro atoms. The van der Waals surface area contributed by atoms with Crippen molar-refractivity contribution in [2.75, 3.05) is 13.1 Å². The van der Waals surface area contributed by atoms with Crippen LogP contribution in [0.4, 0.5) is 0 Å². The highest BCUT2D eigenvalue weighted by molar-refractivity contribution is 4.89. The zero-order chi connectivity index (χ0) is 12.0. The molecule has 1 aliphatic rings. The first-order chi connectivity index (χ1) is 7.61. The Labute approximate surface area is 101 Å². The van der Waals surface area contributed by atoms with Gasteiger partial charge < -0.3 is 10.4 Å². The van der Waals surface area contributed by atoms with Crippen LogP contribution in [-0.2, 0) is 0 Å². The van der Waals surface area contributed by atoms with E-state index < -0.39 is 5.60 Å². The average Bonchev–Trinajstić information content (AvgIpc) is 2.29. The van der Waals surface area contributed by atoms with Crippen LogP contribution < -0.4 is 5.32 Å². The van der Waals surface area contributed by atoms with E-state index in [1.807, 2.05) is 6.92 Å². The summed E-state index contributed by atoms with van der Waals surface area (Å²) >= 11 is 0. The lowest BCUT2D eigenvalue weighted by Crippen LogP contribution is -2.42. The monoisotopic (exact) mass is 227 g/mol. The van der Waals surface area contributed by atoms with Gasteiger partial charge in [0.25, 0.3) is 0 Å². The normalized spacial score (nSPS) is 30.0. The summed E-state index contributed by atoms with van der Waals surface area (Å²) in [6.07, 6.45) is 7.32. The number of aliphatic hydroxyl groups is 1. The fraction of sp³-hybridized carbons (Fsp3) is 1.00. The molecule has 0 aromatic heterocycles. The van der Waals surface area contributed by atoms with E-state index in [0.717, 1.165) is 25.4 Å². The quantitative estimate of drug-likeness (QED) is 0.684. The molecule has 0 amide bonds. The van der Waals surface area contributed by atoms with Crippen molar-refractivity contribution in [2.45, 2.75) is 64.9 Å². The molecule has 3 unspecified atom stereocenters. The zero-order valence-electron chi connectivity index (χ0n) is 11.3. The van der Waals surface area contributed by atoms with Crippen molar-refractivity contribution in [3.05, 3.63) is 0 Å². The Bertz CT molecular complexity index is 191. The topological polar surface area (TPSA) is 32.3 Å². The summed E-state index contributed by atoms with van der Waals surface area (Å²) in [6.45, 7) is 8.37. The molecule has 0 bridgehead atoms. The van der Waals surface area contributed by atoms with Crippen LogP contribution in [0.5, 0.6) is 0 Å². The number of hydrogen-bond acceptors (Lipinski definition) is 2. The van der Waals surface area contributed by atoms with E-state index >= 15 is 0 Å². The molecule has 0 saturated heterocycles. The van der Waals surface area contributed by atoms with Crippen LogP contribution in [0.15, 0.2) is 0 Å². The van der Waals surface area contributed by atoms with E-state index in [0.29, 0.717) is 5.92 Å². The summed E-state index contributed by atoms with van der Waals surface area (Å²) in [7, 11) is 0. The highest BCUT2D eigenvalue weighted by Crippen LogP contribution is 2.40. The molecule has 2 nitrogen and oxygen atoms in total. The Hall–Kier alpha value is -0.0800. The first-order valence-corrected chi connectivity index (χ1v) is 7.05. The fourth-order valence-electron chi connectivity index (χ4n) is 3.22. The fourth-order valence-corrected chi connectivity index (χ4v) is 3.22. The van der Waals surface area contributed by atoms with Crippen LogP contribution in [0.3, 0.4) is 0 Å².